The summed E-state index contributed by atoms with van der Waals surface area (Å²) in [5, 5.41) is 10.2. The molecule has 0 aliphatic carbocycles. The molecule has 2 fully saturated rings. The van der Waals surface area contributed by atoms with Gasteiger partial charge < -0.3 is 10.0 Å². The number of halogens is 1. The minimum atomic E-state index is -0.0443. The molecular weight excluding hydrogens is 525 g/mol. The first-order valence-electron chi connectivity index (χ1n) is 12.0. The molecule has 2 aliphatic rings. The minimum Gasteiger partial charge on any atom is -0.507 e. The van der Waals surface area contributed by atoms with Crippen LogP contribution in [0, 0.1) is 10.5 Å². The number of hydrogen-bond donors (Lipinski definition) is 1. The van der Waals surface area contributed by atoms with Gasteiger partial charge in [-0.05, 0) is 92.5 Å². The highest BCUT2D eigenvalue weighted by atomic mass is 127. The summed E-state index contributed by atoms with van der Waals surface area (Å²) < 4.78 is 1.27. The SMILES string of the molecule is Cc1cccc(O)c1C(=O)N1CCC(C)(N2CCN([C@@H](C)c3ccc(I)cc3)[C@@H](C)C2)CC1. The fraction of sp³-hybridized carbons (Fsp3) is 0.519. The third-order valence-electron chi connectivity index (χ3n) is 7.88. The first kappa shape index (κ1) is 24.5. The van der Waals surface area contributed by atoms with Crippen molar-refractivity contribution in [3.05, 3.63) is 62.7 Å². The number of piperazine rings is 1. The summed E-state index contributed by atoms with van der Waals surface area (Å²) in [5.74, 6) is 0.0395. The van der Waals surface area contributed by atoms with Crippen LogP contribution in [0.25, 0.3) is 0 Å². The molecule has 1 amide bonds. The normalized spacial score (nSPS) is 22.8. The lowest BCUT2D eigenvalue weighted by Gasteiger charge is -2.52. The van der Waals surface area contributed by atoms with E-state index in [-0.39, 0.29) is 17.2 Å². The zero-order valence-corrected chi connectivity index (χ0v) is 22.4. The number of carbonyl (C=O) groups excluding carboxylic acids is 1. The van der Waals surface area contributed by atoms with Crippen molar-refractivity contribution in [3.8, 4) is 5.75 Å². The van der Waals surface area contributed by atoms with E-state index in [0.717, 1.165) is 51.1 Å². The van der Waals surface area contributed by atoms with Gasteiger partial charge in [0.25, 0.3) is 5.91 Å². The molecule has 6 heteroatoms. The molecule has 33 heavy (non-hydrogen) atoms. The molecular formula is C27H36IN3O2. The van der Waals surface area contributed by atoms with Crippen LogP contribution in [0.4, 0.5) is 0 Å². The Bertz CT molecular complexity index is 965. The van der Waals surface area contributed by atoms with Crippen molar-refractivity contribution in [3.63, 3.8) is 0 Å². The van der Waals surface area contributed by atoms with Crippen molar-refractivity contribution in [2.75, 3.05) is 32.7 Å². The smallest absolute Gasteiger partial charge is 0.257 e. The molecule has 2 saturated heterocycles. The van der Waals surface area contributed by atoms with Crippen molar-refractivity contribution in [2.24, 2.45) is 0 Å². The molecule has 0 radical (unpaired) electrons. The number of rotatable bonds is 4. The molecule has 0 unspecified atom stereocenters. The van der Waals surface area contributed by atoms with Gasteiger partial charge in [0.2, 0.25) is 0 Å². The summed E-state index contributed by atoms with van der Waals surface area (Å²) in [4.78, 5) is 20.3. The van der Waals surface area contributed by atoms with E-state index in [1.54, 1.807) is 12.1 Å². The first-order valence-corrected chi connectivity index (χ1v) is 13.1. The predicted molar refractivity (Wildman–Crippen MR) is 142 cm³/mol. The Morgan fingerprint density at radius 1 is 1.09 bits per heavy atom. The Morgan fingerprint density at radius 3 is 2.36 bits per heavy atom. The molecule has 0 aromatic heterocycles. The number of aryl methyl sites for hydroxylation is 1. The number of likely N-dealkylation sites (tertiary alicyclic amines) is 1. The summed E-state index contributed by atoms with van der Waals surface area (Å²) in [6, 6.07) is 15.1. The lowest BCUT2D eigenvalue weighted by molar-refractivity contribution is -0.0278. The molecule has 2 aromatic rings. The van der Waals surface area contributed by atoms with Gasteiger partial charge in [-0.25, -0.2) is 0 Å². The zero-order valence-electron chi connectivity index (χ0n) is 20.2. The average Bonchev–Trinajstić information content (AvgIpc) is 2.79. The van der Waals surface area contributed by atoms with Crippen molar-refractivity contribution < 1.29 is 9.90 Å². The summed E-state index contributed by atoms with van der Waals surface area (Å²) >= 11 is 2.36. The van der Waals surface area contributed by atoms with Gasteiger partial charge in [-0.15, -0.1) is 0 Å². The van der Waals surface area contributed by atoms with Crippen LogP contribution in [0.3, 0.4) is 0 Å². The molecule has 2 aromatic carbocycles. The van der Waals surface area contributed by atoms with Gasteiger partial charge >= 0.3 is 0 Å². The number of nitrogens with zero attached hydrogens (tertiary/aromatic N) is 3. The number of hydrogen-bond acceptors (Lipinski definition) is 4. The van der Waals surface area contributed by atoms with E-state index in [1.807, 2.05) is 17.9 Å². The van der Waals surface area contributed by atoms with Gasteiger partial charge in [0.1, 0.15) is 5.75 Å². The monoisotopic (exact) mass is 561 g/mol. The maximum atomic E-state index is 13.1. The number of amides is 1. The van der Waals surface area contributed by atoms with E-state index >= 15 is 0 Å². The number of aromatic hydroxyl groups is 1. The molecule has 2 heterocycles. The number of carbonyl (C=O) groups is 1. The van der Waals surface area contributed by atoms with E-state index in [4.69, 9.17) is 0 Å². The largest absolute Gasteiger partial charge is 0.507 e. The van der Waals surface area contributed by atoms with Gasteiger partial charge in [-0.1, -0.05) is 24.3 Å². The van der Waals surface area contributed by atoms with E-state index in [9.17, 15) is 9.90 Å². The lowest BCUT2D eigenvalue weighted by atomic mass is 9.86. The second kappa shape index (κ2) is 9.92. The van der Waals surface area contributed by atoms with E-state index in [0.29, 0.717) is 17.6 Å². The molecule has 0 spiro atoms. The molecule has 0 bridgehead atoms. The summed E-state index contributed by atoms with van der Waals surface area (Å²) in [6.07, 6.45) is 1.93. The van der Waals surface area contributed by atoms with Gasteiger partial charge in [0, 0.05) is 53.9 Å². The van der Waals surface area contributed by atoms with Crippen LogP contribution in [-0.2, 0) is 0 Å². The Kier molecular flexibility index (Phi) is 7.36. The molecule has 4 rings (SSSR count). The molecule has 5 nitrogen and oxygen atoms in total. The predicted octanol–water partition coefficient (Wildman–Crippen LogP) is 5.07. The second-order valence-electron chi connectivity index (χ2n) is 10.0. The highest BCUT2D eigenvalue weighted by molar-refractivity contribution is 14.1. The summed E-state index contributed by atoms with van der Waals surface area (Å²) in [5.41, 5.74) is 2.78. The summed E-state index contributed by atoms with van der Waals surface area (Å²) in [6.45, 7) is 13.6. The maximum Gasteiger partial charge on any atom is 0.257 e. The van der Waals surface area contributed by atoms with Crippen molar-refractivity contribution in [2.45, 2.75) is 58.2 Å². The Balaban J connectivity index is 1.37. The van der Waals surface area contributed by atoms with Crippen LogP contribution in [0.15, 0.2) is 42.5 Å². The zero-order chi connectivity index (χ0) is 23.8. The van der Waals surface area contributed by atoms with Crippen LogP contribution in [-0.4, -0.2) is 70.0 Å². The molecule has 178 valence electrons. The van der Waals surface area contributed by atoms with Gasteiger partial charge in [-0.2, -0.15) is 0 Å². The Hall–Kier alpha value is -1.64. The molecule has 1 N–H and O–H groups in total. The summed E-state index contributed by atoms with van der Waals surface area (Å²) in [7, 11) is 0. The molecule has 2 atom stereocenters. The topological polar surface area (TPSA) is 47.0 Å². The van der Waals surface area contributed by atoms with Gasteiger partial charge in [0.05, 0.1) is 5.56 Å². The Morgan fingerprint density at radius 2 is 1.76 bits per heavy atom. The minimum absolute atomic E-state index is 0.0443. The van der Waals surface area contributed by atoms with Gasteiger partial charge in [0.15, 0.2) is 0 Å². The highest BCUT2D eigenvalue weighted by Gasteiger charge is 2.40. The van der Waals surface area contributed by atoms with Crippen molar-refractivity contribution >= 4 is 28.5 Å². The number of phenolic OH excluding ortho intramolecular Hbond substituents is 1. The number of piperidine rings is 1. The standard InChI is InChI=1S/C27H36IN3O2/c1-19-6-5-7-24(32)25(19)26(33)29-14-12-27(4,13-15-29)30-16-17-31(20(2)18-30)21(3)22-8-10-23(28)11-9-22/h5-11,20-21,32H,12-18H2,1-4H3/t20-,21-/m0/s1. The average molecular weight is 562 g/mol. The fourth-order valence-corrected chi connectivity index (χ4v) is 5.93. The third-order valence-corrected chi connectivity index (χ3v) is 8.60. The lowest BCUT2D eigenvalue weighted by Crippen LogP contribution is -2.62. The number of benzene rings is 2. The van der Waals surface area contributed by atoms with Crippen LogP contribution >= 0.6 is 22.6 Å². The second-order valence-corrected chi connectivity index (χ2v) is 11.3. The van der Waals surface area contributed by atoms with Gasteiger partial charge in [-0.3, -0.25) is 14.6 Å². The Labute approximate surface area is 211 Å². The van der Waals surface area contributed by atoms with Crippen LogP contribution in [0.5, 0.6) is 5.75 Å². The van der Waals surface area contributed by atoms with Crippen molar-refractivity contribution in [1.29, 1.82) is 0 Å². The maximum absolute atomic E-state index is 13.1. The van der Waals surface area contributed by atoms with Crippen LogP contribution < -0.4 is 0 Å². The van der Waals surface area contributed by atoms with Crippen LogP contribution in [0.2, 0.25) is 0 Å². The van der Waals surface area contributed by atoms with E-state index in [2.05, 4.69) is 77.4 Å². The van der Waals surface area contributed by atoms with E-state index < -0.39 is 0 Å². The van der Waals surface area contributed by atoms with Crippen molar-refractivity contribution in [1.82, 2.24) is 14.7 Å². The van der Waals surface area contributed by atoms with Crippen LogP contribution in [0.1, 0.15) is 61.1 Å². The first-order chi connectivity index (χ1) is 15.7. The molecule has 0 saturated carbocycles. The third kappa shape index (κ3) is 5.08. The highest BCUT2D eigenvalue weighted by Crippen LogP contribution is 2.34. The fourth-order valence-electron chi connectivity index (χ4n) is 5.57. The number of phenols is 1. The quantitative estimate of drug-likeness (QED) is 0.530. The van der Waals surface area contributed by atoms with E-state index in [1.165, 1.54) is 9.13 Å². The molecule has 2 aliphatic heterocycles.